The molecule has 0 unspecified atom stereocenters. The lowest BCUT2D eigenvalue weighted by Gasteiger charge is -2.49. The number of anilines is 1. The Morgan fingerprint density at radius 3 is 2.84 bits per heavy atom. The largest absolute Gasteiger partial charge is 0.477 e. The Bertz CT molecular complexity index is 1290. The number of nitrogen functional groups attached to an aromatic ring is 1. The molecule has 37 heavy (non-hydrogen) atoms. The molecule has 0 bridgehead atoms. The summed E-state index contributed by atoms with van der Waals surface area (Å²) < 4.78 is 0. The summed E-state index contributed by atoms with van der Waals surface area (Å²) in [6, 6.07) is 5.35. The van der Waals surface area contributed by atoms with Gasteiger partial charge in [0.05, 0.1) is 0 Å². The molecule has 2 aromatic heterocycles. The lowest BCUT2D eigenvalue weighted by atomic mass is 10.0. The van der Waals surface area contributed by atoms with Crippen LogP contribution in [0.5, 0.6) is 0 Å². The molecule has 1 fully saturated rings. The Labute approximate surface area is 224 Å². The fourth-order valence-electron chi connectivity index (χ4n) is 3.69. The Balaban J connectivity index is 1.52. The number of nitrogens with zero attached hydrogens (tertiary/aromatic N) is 4. The molecule has 194 valence electrons. The summed E-state index contributed by atoms with van der Waals surface area (Å²) in [6.07, 6.45) is 3.35. The lowest BCUT2D eigenvalue weighted by Crippen LogP contribution is -2.71. The van der Waals surface area contributed by atoms with Crippen LogP contribution in [0.1, 0.15) is 11.3 Å². The van der Waals surface area contributed by atoms with Crippen LogP contribution in [0.2, 0.25) is 0 Å². The fourth-order valence-corrected chi connectivity index (χ4v) is 7.13. The first-order chi connectivity index (χ1) is 17.8. The highest BCUT2D eigenvalue weighted by Gasteiger charge is 2.54. The van der Waals surface area contributed by atoms with Gasteiger partial charge in [-0.05, 0) is 23.8 Å². The number of β-lactam (4-membered cyclic amide) rings is 1. The maximum Gasteiger partial charge on any atom is 0.353 e. The fraction of sp³-hybridized carbons (Fsp3) is 0.273. The van der Waals surface area contributed by atoms with Crippen molar-refractivity contribution < 1.29 is 24.7 Å². The number of carboxylic acids is 1. The zero-order chi connectivity index (χ0) is 26.5. The van der Waals surface area contributed by atoms with Gasteiger partial charge in [0.15, 0.2) is 5.71 Å². The monoisotopic (exact) mass is 561 g/mol. The van der Waals surface area contributed by atoms with E-state index in [9.17, 15) is 24.7 Å². The van der Waals surface area contributed by atoms with Crippen molar-refractivity contribution in [3.63, 3.8) is 0 Å². The normalized spacial score (nSPS) is 19.3. The number of carbonyl (C=O) groups is 3. The predicted octanol–water partition coefficient (Wildman–Crippen LogP) is 0.917. The average Bonchev–Trinajstić information content (AvgIpc) is 2.88. The topological polar surface area (TPSA) is 197 Å². The van der Waals surface area contributed by atoms with E-state index in [-0.39, 0.29) is 17.2 Å². The van der Waals surface area contributed by atoms with Crippen LogP contribution >= 0.6 is 35.3 Å². The SMILES string of the molecule is NCCSCc1ccncc1SC1=C(C(=O)O)N2C(=O)[C@@H](NC(=O)/C(=N\O)c3cccc(N)n3)[C@@H]2SC1. The van der Waals surface area contributed by atoms with Crippen LogP contribution in [-0.4, -0.2) is 78.1 Å². The molecule has 4 rings (SSSR count). The lowest BCUT2D eigenvalue weighted by molar-refractivity contribution is -0.150. The van der Waals surface area contributed by atoms with E-state index in [1.807, 2.05) is 6.07 Å². The molecule has 2 atom stereocenters. The van der Waals surface area contributed by atoms with Crippen molar-refractivity contribution >= 4 is 64.6 Å². The Morgan fingerprint density at radius 1 is 1.32 bits per heavy atom. The second kappa shape index (κ2) is 11.9. The second-order valence-electron chi connectivity index (χ2n) is 7.76. The molecule has 15 heteroatoms. The van der Waals surface area contributed by atoms with Crippen molar-refractivity contribution in [3.8, 4) is 0 Å². The van der Waals surface area contributed by atoms with Crippen molar-refractivity contribution in [2.45, 2.75) is 22.1 Å². The van der Waals surface area contributed by atoms with Gasteiger partial charge < -0.3 is 27.1 Å². The summed E-state index contributed by atoms with van der Waals surface area (Å²) in [6.45, 7) is 0.556. The predicted molar refractivity (Wildman–Crippen MR) is 142 cm³/mol. The van der Waals surface area contributed by atoms with Crippen LogP contribution in [0.15, 0.2) is 57.3 Å². The number of hydrogen-bond donors (Lipinski definition) is 5. The number of carboxylic acid groups (broad SMARTS) is 1. The molecular formula is C22H23N7O5S3. The molecule has 0 aromatic carbocycles. The summed E-state index contributed by atoms with van der Waals surface area (Å²) >= 11 is 4.26. The highest BCUT2D eigenvalue weighted by molar-refractivity contribution is 8.06. The summed E-state index contributed by atoms with van der Waals surface area (Å²) in [4.78, 5) is 48.6. The van der Waals surface area contributed by atoms with Crippen molar-refractivity contribution in [1.82, 2.24) is 20.2 Å². The van der Waals surface area contributed by atoms with Gasteiger partial charge in [-0.25, -0.2) is 9.78 Å². The quantitative estimate of drug-likeness (QED) is 0.0905. The third-order valence-corrected chi connectivity index (χ3v) is 9.05. The van der Waals surface area contributed by atoms with Crippen molar-refractivity contribution in [3.05, 3.63) is 58.5 Å². The highest BCUT2D eigenvalue weighted by Crippen LogP contribution is 2.45. The molecule has 2 aliphatic rings. The van der Waals surface area contributed by atoms with Gasteiger partial charge in [0.25, 0.3) is 11.8 Å². The number of hydrogen-bond acceptors (Lipinski definition) is 12. The number of aromatic nitrogens is 2. The molecule has 0 radical (unpaired) electrons. The van der Waals surface area contributed by atoms with E-state index in [2.05, 4.69) is 20.4 Å². The minimum atomic E-state index is -1.24. The molecule has 12 nitrogen and oxygen atoms in total. The van der Waals surface area contributed by atoms with Crippen LogP contribution < -0.4 is 16.8 Å². The maximum absolute atomic E-state index is 13.0. The van der Waals surface area contributed by atoms with Gasteiger partial charge in [-0.3, -0.25) is 19.5 Å². The van der Waals surface area contributed by atoms with E-state index in [0.29, 0.717) is 23.0 Å². The molecule has 2 aromatic rings. The van der Waals surface area contributed by atoms with Crippen molar-refractivity contribution in [2.75, 3.05) is 23.8 Å². The Hall–Kier alpha value is -3.27. The number of aliphatic carboxylic acids is 1. The smallest absolute Gasteiger partial charge is 0.353 e. The van der Waals surface area contributed by atoms with Gasteiger partial charge in [0.2, 0.25) is 0 Å². The molecule has 2 amide bonds. The maximum atomic E-state index is 13.0. The van der Waals surface area contributed by atoms with E-state index >= 15 is 0 Å². The minimum Gasteiger partial charge on any atom is -0.477 e. The summed E-state index contributed by atoms with van der Waals surface area (Å²) in [7, 11) is 0. The zero-order valence-electron chi connectivity index (χ0n) is 19.2. The molecule has 0 aliphatic carbocycles. The summed E-state index contributed by atoms with van der Waals surface area (Å²) in [5.41, 5.74) is 11.7. The molecule has 0 saturated carbocycles. The van der Waals surface area contributed by atoms with Crippen molar-refractivity contribution in [2.24, 2.45) is 10.9 Å². The number of oxime groups is 1. The number of nitrogens with two attached hydrogens (primary N) is 2. The third kappa shape index (κ3) is 5.69. The van der Waals surface area contributed by atoms with Gasteiger partial charge >= 0.3 is 5.97 Å². The first kappa shape index (κ1) is 26.8. The number of rotatable bonds is 10. The number of amides is 2. The van der Waals surface area contributed by atoms with E-state index in [1.54, 1.807) is 24.2 Å². The first-order valence-corrected chi connectivity index (χ1v) is 13.9. The zero-order valence-corrected chi connectivity index (χ0v) is 21.7. The molecular weight excluding hydrogens is 538 g/mol. The molecule has 0 spiro atoms. The number of pyridine rings is 2. The second-order valence-corrected chi connectivity index (χ2v) is 11.1. The van der Waals surface area contributed by atoms with Crippen LogP contribution in [0.3, 0.4) is 0 Å². The number of thioether (sulfide) groups is 3. The van der Waals surface area contributed by atoms with Gasteiger partial charge in [0.1, 0.15) is 28.6 Å². The molecule has 1 saturated heterocycles. The van der Waals surface area contributed by atoms with Crippen molar-refractivity contribution in [1.29, 1.82) is 0 Å². The Morgan fingerprint density at radius 2 is 2.14 bits per heavy atom. The van der Waals surface area contributed by atoms with E-state index < -0.39 is 34.9 Å². The van der Waals surface area contributed by atoms with Gasteiger partial charge in [-0.2, -0.15) is 11.8 Å². The number of nitrogens with one attached hydrogen (secondary N) is 1. The van der Waals surface area contributed by atoms with Gasteiger partial charge in [0, 0.05) is 46.0 Å². The summed E-state index contributed by atoms with van der Waals surface area (Å²) in [5.74, 6) is -0.736. The third-order valence-electron chi connectivity index (χ3n) is 5.37. The summed E-state index contributed by atoms with van der Waals surface area (Å²) in [5, 5.41) is 24.2. The first-order valence-electron chi connectivity index (χ1n) is 10.9. The van der Waals surface area contributed by atoms with Crippen LogP contribution in [0.25, 0.3) is 0 Å². The highest BCUT2D eigenvalue weighted by atomic mass is 32.2. The van der Waals surface area contributed by atoms with Crippen LogP contribution in [-0.2, 0) is 20.1 Å². The standard InChI is InChI=1S/C22H23N7O5S3/c23-5-7-35-9-11-4-6-25-8-13(11)37-14-10-36-21-17(20(31)29(21)18(14)22(32)33)27-19(30)16(28-34)12-2-1-3-15(24)26-12/h1-4,6,8,17,21,34H,5,7,9-10,23H2,(H2,24,26)(H,27,30)(H,32,33)/b28-16-/t17-,21+/m1/s1. The minimum absolute atomic E-state index is 0.0293. The van der Waals surface area contributed by atoms with E-state index in [4.69, 9.17) is 11.5 Å². The number of fused-ring (bicyclic) bond motifs is 1. The van der Waals surface area contributed by atoms with Crippen LogP contribution in [0.4, 0.5) is 5.82 Å². The average molecular weight is 562 g/mol. The van der Waals surface area contributed by atoms with E-state index in [1.165, 1.54) is 46.6 Å². The van der Waals surface area contributed by atoms with Gasteiger partial charge in [-0.15, -0.1) is 11.8 Å². The molecule has 4 heterocycles. The Kier molecular flexibility index (Phi) is 8.58. The number of carbonyl (C=O) groups excluding carboxylic acids is 2. The van der Waals surface area contributed by atoms with E-state index in [0.717, 1.165) is 16.2 Å². The molecule has 2 aliphatic heterocycles. The molecule has 7 N–H and O–H groups in total. The van der Waals surface area contributed by atoms with Gasteiger partial charge in [-0.1, -0.05) is 23.0 Å². The van der Waals surface area contributed by atoms with Crippen LogP contribution in [0, 0.1) is 0 Å².